The van der Waals surface area contributed by atoms with Gasteiger partial charge in [-0.15, -0.1) is 0 Å². The molecule has 2 aromatic rings. The van der Waals surface area contributed by atoms with E-state index in [-0.39, 0.29) is 12.5 Å². The summed E-state index contributed by atoms with van der Waals surface area (Å²) in [4.78, 5) is 14.0. The normalized spacial score (nSPS) is 10.8. The molecule has 0 bridgehead atoms. The Hall–Kier alpha value is -1.26. The number of hydrogen-bond donors (Lipinski definition) is 1. The van der Waals surface area contributed by atoms with E-state index in [9.17, 15) is 4.79 Å². The highest BCUT2D eigenvalue weighted by molar-refractivity contribution is 6.35. The molecule has 0 saturated carbocycles. The van der Waals surface area contributed by atoms with Gasteiger partial charge in [0.15, 0.2) is 0 Å². The van der Waals surface area contributed by atoms with Crippen LogP contribution in [-0.2, 0) is 11.3 Å². The Morgan fingerprint density at radius 2 is 1.82 bits per heavy atom. The van der Waals surface area contributed by atoms with E-state index in [1.807, 2.05) is 36.2 Å². The van der Waals surface area contributed by atoms with Gasteiger partial charge in [0, 0.05) is 16.6 Å². The first-order valence-electron chi connectivity index (χ1n) is 6.62. The summed E-state index contributed by atoms with van der Waals surface area (Å²) in [6.45, 7) is 0.854. The van der Waals surface area contributed by atoms with Crippen molar-refractivity contribution in [2.45, 2.75) is 6.54 Å². The van der Waals surface area contributed by atoms with Gasteiger partial charge in [0.25, 0.3) is 0 Å². The highest BCUT2D eigenvalue weighted by Crippen LogP contribution is 2.25. The molecule has 116 valence electrons. The molecular formula is C16H15Cl3N2O. The Kier molecular flexibility index (Phi) is 6.09. The SMILES string of the molecule is CN(CC(=O)Nc1cc(Cl)ccc1Cl)Cc1cccc(Cl)c1. The molecular weight excluding hydrogens is 343 g/mol. The number of nitrogens with zero attached hydrogens (tertiary/aromatic N) is 1. The van der Waals surface area contributed by atoms with E-state index in [2.05, 4.69) is 5.32 Å². The third-order valence-corrected chi connectivity index (χ3v) is 3.76. The molecule has 0 unspecified atom stereocenters. The van der Waals surface area contributed by atoms with E-state index in [0.717, 1.165) is 5.56 Å². The molecule has 0 aliphatic heterocycles. The predicted molar refractivity (Wildman–Crippen MR) is 92.9 cm³/mol. The second kappa shape index (κ2) is 7.84. The maximum atomic E-state index is 12.1. The van der Waals surface area contributed by atoms with E-state index in [4.69, 9.17) is 34.8 Å². The zero-order valence-corrected chi connectivity index (χ0v) is 14.2. The lowest BCUT2D eigenvalue weighted by molar-refractivity contribution is -0.117. The third-order valence-electron chi connectivity index (χ3n) is 2.96. The lowest BCUT2D eigenvalue weighted by Crippen LogP contribution is -2.29. The Morgan fingerprint density at radius 1 is 1.09 bits per heavy atom. The Morgan fingerprint density at radius 3 is 2.55 bits per heavy atom. The van der Waals surface area contributed by atoms with Gasteiger partial charge in [-0.25, -0.2) is 0 Å². The number of amides is 1. The first-order valence-corrected chi connectivity index (χ1v) is 7.75. The van der Waals surface area contributed by atoms with E-state index in [1.54, 1.807) is 18.2 Å². The number of benzene rings is 2. The maximum Gasteiger partial charge on any atom is 0.238 e. The van der Waals surface area contributed by atoms with Gasteiger partial charge in [0.1, 0.15) is 0 Å². The smallest absolute Gasteiger partial charge is 0.238 e. The average Bonchev–Trinajstić information content (AvgIpc) is 2.42. The van der Waals surface area contributed by atoms with Crippen molar-refractivity contribution in [2.24, 2.45) is 0 Å². The summed E-state index contributed by atoms with van der Waals surface area (Å²) in [5.74, 6) is -0.159. The summed E-state index contributed by atoms with van der Waals surface area (Å²) >= 11 is 17.9. The van der Waals surface area contributed by atoms with Crippen LogP contribution in [0.25, 0.3) is 0 Å². The van der Waals surface area contributed by atoms with Crippen molar-refractivity contribution in [1.29, 1.82) is 0 Å². The van der Waals surface area contributed by atoms with Crippen molar-refractivity contribution in [3.8, 4) is 0 Å². The zero-order chi connectivity index (χ0) is 16.1. The van der Waals surface area contributed by atoms with E-state index >= 15 is 0 Å². The minimum absolute atomic E-state index is 0.159. The summed E-state index contributed by atoms with van der Waals surface area (Å²) in [5, 5.41) is 4.41. The lowest BCUT2D eigenvalue weighted by Gasteiger charge is -2.17. The summed E-state index contributed by atoms with van der Waals surface area (Å²) in [5.41, 5.74) is 1.55. The summed E-state index contributed by atoms with van der Waals surface area (Å²) < 4.78 is 0. The standard InChI is InChI=1S/C16H15Cl3N2O/c1-21(9-11-3-2-4-12(17)7-11)10-16(22)20-15-8-13(18)5-6-14(15)19/h2-8H,9-10H2,1H3,(H,20,22). The van der Waals surface area contributed by atoms with Crippen molar-refractivity contribution in [3.05, 3.63) is 63.1 Å². The summed E-state index contributed by atoms with van der Waals surface area (Å²) in [6, 6.07) is 12.5. The van der Waals surface area contributed by atoms with Gasteiger partial charge in [-0.1, -0.05) is 46.9 Å². The van der Waals surface area contributed by atoms with Crippen molar-refractivity contribution < 1.29 is 4.79 Å². The molecule has 2 aromatic carbocycles. The number of carbonyl (C=O) groups is 1. The predicted octanol–water partition coefficient (Wildman–Crippen LogP) is 4.72. The zero-order valence-electron chi connectivity index (χ0n) is 11.9. The molecule has 0 atom stereocenters. The monoisotopic (exact) mass is 356 g/mol. The number of rotatable bonds is 5. The van der Waals surface area contributed by atoms with Gasteiger partial charge in [-0.3, -0.25) is 9.69 Å². The molecule has 0 heterocycles. The molecule has 2 rings (SSSR count). The van der Waals surface area contributed by atoms with Gasteiger partial charge >= 0.3 is 0 Å². The second-order valence-corrected chi connectivity index (χ2v) is 6.25. The van der Waals surface area contributed by atoms with E-state index < -0.39 is 0 Å². The first kappa shape index (κ1) is 17.1. The largest absolute Gasteiger partial charge is 0.324 e. The fourth-order valence-electron chi connectivity index (χ4n) is 2.03. The van der Waals surface area contributed by atoms with Crippen molar-refractivity contribution >= 4 is 46.4 Å². The number of carbonyl (C=O) groups excluding carboxylic acids is 1. The van der Waals surface area contributed by atoms with Crippen molar-refractivity contribution in [1.82, 2.24) is 4.90 Å². The topological polar surface area (TPSA) is 32.3 Å². The van der Waals surface area contributed by atoms with Crippen LogP contribution in [0.15, 0.2) is 42.5 Å². The van der Waals surface area contributed by atoms with Crippen LogP contribution in [0.2, 0.25) is 15.1 Å². The third kappa shape index (κ3) is 5.18. The lowest BCUT2D eigenvalue weighted by atomic mass is 10.2. The number of hydrogen-bond acceptors (Lipinski definition) is 2. The molecule has 1 amide bonds. The van der Waals surface area contributed by atoms with Crippen LogP contribution in [0.1, 0.15) is 5.56 Å². The molecule has 3 nitrogen and oxygen atoms in total. The van der Waals surface area contributed by atoms with Gasteiger partial charge in [-0.2, -0.15) is 0 Å². The molecule has 6 heteroatoms. The number of likely N-dealkylation sites (N-methyl/N-ethyl adjacent to an activating group) is 1. The Bertz CT molecular complexity index is 676. The van der Waals surface area contributed by atoms with E-state index in [1.165, 1.54) is 0 Å². The quantitative estimate of drug-likeness (QED) is 0.840. The average molecular weight is 358 g/mol. The molecule has 0 radical (unpaired) electrons. The summed E-state index contributed by atoms with van der Waals surface area (Å²) in [6.07, 6.45) is 0. The van der Waals surface area contributed by atoms with Crippen LogP contribution in [0.5, 0.6) is 0 Å². The Balaban J connectivity index is 1.92. The van der Waals surface area contributed by atoms with Gasteiger partial charge in [0.2, 0.25) is 5.91 Å². The van der Waals surface area contributed by atoms with Crippen LogP contribution >= 0.6 is 34.8 Å². The molecule has 0 aliphatic rings. The molecule has 0 aliphatic carbocycles. The van der Waals surface area contributed by atoms with Gasteiger partial charge in [-0.05, 0) is 42.9 Å². The molecule has 0 fully saturated rings. The van der Waals surface area contributed by atoms with Gasteiger partial charge in [0.05, 0.1) is 17.3 Å². The number of nitrogens with one attached hydrogen (secondary N) is 1. The number of anilines is 1. The highest BCUT2D eigenvalue weighted by atomic mass is 35.5. The first-order chi connectivity index (χ1) is 10.4. The molecule has 0 saturated heterocycles. The molecule has 0 aromatic heterocycles. The molecule has 0 spiro atoms. The molecule has 22 heavy (non-hydrogen) atoms. The van der Waals surface area contributed by atoms with Crippen LogP contribution in [0, 0.1) is 0 Å². The van der Waals surface area contributed by atoms with Crippen molar-refractivity contribution in [2.75, 3.05) is 18.9 Å². The summed E-state index contributed by atoms with van der Waals surface area (Å²) in [7, 11) is 1.86. The minimum atomic E-state index is -0.159. The fraction of sp³-hybridized carbons (Fsp3) is 0.188. The van der Waals surface area contributed by atoms with Crippen molar-refractivity contribution in [3.63, 3.8) is 0 Å². The second-order valence-electron chi connectivity index (χ2n) is 4.97. The van der Waals surface area contributed by atoms with E-state index in [0.29, 0.717) is 27.3 Å². The number of halogens is 3. The Labute approximate surface area is 144 Å². The maximum absolute atomic E-state index is 12.1. The fourth-order valence-corrected chi connectivity index (χ4v) is 2.58. The van der Waals surface area contributed by atoms with Crippen LogP contribution in [0.4, 0.5) is 5.69 Å². The van der Waals surface area contributed by atoms with Crippen LogP contribution in [0.3, 0.4) is 0 Å². The molecule has 1 N–H and O–H groups in total. The minimum Gasteiger partial charge on any atom is -0.324 e. The van der Waals surface area contributed by atoms with Crippen LogP contribution in [-0.4, -0.2) is 24.4 Å². The van der Waals surface area contributed by atoms with Crippen LogP contribution < -0.4 is 5.32 Å². The van der Waals surface area contributed by atoms with Gasteiger partial charge < -0.3 is 5.32 Å². The highest BCUT2D eigenvalue weighted by Gasteiger charge is 2.10.